The molecule has 18 heavy (non-hydrogen) atoms. The van der Waals surface area contributed by atoms with Gasteiger partial charge in [-0.25, -0.2) is 0 Å². The van der Waals surface area contributed by atoms with Gasteiger partial charge >= 0.3 is 0 Å². The predicted molar refractivity (Wildman–Crippen MR) is 71.8 cm³/mol. The number of carbonyl (C=O) groups excluding carboxylic acids is 1. The van der Waals surface area contributed by atoms with E-state index in [0.717, 1.165) is 5.69 Å². The van der Waals surface area contributed by atoms with E-state index in [1.54, 1.807) is 36.0 Å². The number of anilines is 2. The molecule has 2 rings (SSSR count). The van der Waals surface area contributed by atoms with E-state index in [4.69, 9.17) is 17.3 Å². The van der Waals surface area contributed by atoms with Crippen LogP contribution in [0.25, 0.3) is 0 Å². The molecule has 94 valence electrons. The largest absolute Gasteiger partial charge is 0.399 e. The molecule has 5 nitrogen and oxygen atoms in total. The van der Waals surface area contributed by atoms with Gasteiger partial charge < -0.3 is 11.1 Å². The summed E-state index contributed by atoms with van der Waals surface area (Å²) >= 11 is 5.96. The van der Waals surface area contributed by atoms with Crippen molar-refractivity contribution in [1.29, 1.82) is 0 Å². The molecule has 0 bridgehead atoms. The minimum absolute atomic E-state index is 0.307. The molecule has 0 unspecified atom stereocenters. The average Bonchev–Trinajstić information content (AvgIpc) is 2.57. The lowest BCUT2D eigenvalue weighted by Crippen LogP contribution is -2.13. The third-order valence-corrected chi connectivity index (χ3v) is 2.91. The Hall–Kier alpha value is -2.01. The molecule has 3 N–H and O–H groups in total. The number of carbonyl (C=O) groups is 1. The van der Waals surface area contributed by atoms with Crippen LogP contribution in [0.2, 0.25) is 5.02 Å². The quantitative estimate of drug-likeness (QED) is 0.817. The normalized spacial score (nSPS) is 10.4. The Kier molecular flexibility index (Phi) is 3.25. The van der Waals surface area contributed by atoms with Crippen LogP contribution < -0.4 is 11.1 Å². The van der Waals surface area contributed by atoms with E-state index in [2.05, 4.69) is 10.4 Å². The molecule has 0 atom stereocenters. The van der Waals surface area contributed by atoms with E-state index in [9.17, 15) is 4.79 Å². The SMILES string of the molecule is Cc1cc(NC(=O)c2ccc(N)cc2Cl)nn1C. The van der Waals surface area contributed by atoms with E-state index in [0.29, 0.717) is 22.1 Å². The zero-order valence-electron chi connectivity index (χ0n) is 10.1. The molecule has 0 saturated carbocycles. The molecule has 6 heteroatoms. The number of nitrogens with two attached hydrogens (primary N) is 1. The number of nitrogens with zero attached hydrogens (tertiary/aromatic N) is 2. The monoisotopic (exact) mass is 264 g/mol. The van der Waals surface area contributed by atoms with Crippen LogP contribution in [0.15, 0.2) is 24.3 Å². The number of amides is 1. The van der Waals surface area contributed by atoms with Gasteiger partial charge in [0, 0.05) is 24.5 Å². The molecule has 0 aliphatic heterocycles. The van der Waals surface area contributed by atoms with Crippen LogP contribution in [0.3, 0.4) is 0 Å². The highest BCUT2D eigenvalue weighted by molar-refractivity contribution is 6.34. The number of aromatic nitrogens is 2. The first-order chi connectivity index (χ1) is 8.47. The van der Waals surface area contributed by atoms with E-state index in [1.807, 2.05) is 6.92 Å². The Bertz CT molecular complexity index is 587. The van der Waals surface area contributed by atoms with Gasteiger partial charge in [-0.05, 0) is 25.1 Å². The number of benzene rings is 1. The van der Waals surface area contributed by atoms with Crippen molar-refractivity contribution in [2.24, 2.45) is 7.05 Å². The molecule has 0 aliphatic carbocycles. The van der Waals surface area contributed by atoms with Gasteiger partial charge in [0.05, 0.1) is 10.6 Å². The summed E-state index contributed by atoms with van der Waals surface area (Å²) in [6, 6.07) is 6.54. The van der Waals surface area contributed by atoms with Gasteiger partial charge in [0.1, 0.15) is 0 Å². The lowest BCUT2D eigenvalue weighted by molar-refractivity contribution is 0.102. The highest BCUT2D eigenvalue weighted by Crippen LogP contribution is 2.20. The summed E-state index contributed by atoms with van der Waals surface area (Å²) in [5, 5.41) is 7.14. The van der Waals surface area contributed by atoms with Gasteiger partial charge in [0.2, 0.25) is 0 Å². The molecule has 0 aliphatic rings. The summed E-state index contributed by atoms with van der Waals surface area (Å²) in [7, 11) is 1.81. The third kappa shape index (κ3) is 2.46. The second kappa shape index (κ2) is 4.70. The van der Waals surface area contributed by atoms with Crippen molar-refractivity contribution in [2.45, 2.75) is 6.92 Å². The standard InChI is InChI=1S/C12H13ClN4O/c1-7-5-11(16-17(7)2)15-12(18)9-4-3-8(14)6-10(9)13/h3-6H,14H2,1-2H3,(H,15,16,18). The molecule has 1 aromatic carbocycles. The third-order valence-electron chi connectivity index (χ3n) is 2.59. The smallest absolute Gasteiger partial charge is 0.258 e. The number of halogens is 1. The maximum Gasteiger partial charge on any atom is 0.258 e. The number of hydrogen-bond donors (Lipinski definition) is 2. The van der Waals surface area contributed by atoms with Crippen molar-refractivity contribution >= 4 is 29.0 Å². The maximum absolute atomic E-state index is 12.0. The molecular formula is C12H13ClN4O. The zero-order valence-corrected chi connectivity index (χ0v) is 10.8. The first-order valence-electron chi connectivity index (χ1n) is 5.34. The van der Waals surface area contributed by atoms with Crippen molar-refractivity contribution in [1.82, 2.24) is 9.78 Å². The number of aryl methyl sites for hydroxylation is 2. The number of nitrogens with one attached hydrogen (secondary N) is 1. The highest BCUT2D eigenvalue weighted by atomic mass is 35.5. The van der Waals surface area contributed by atoms with Gasteiger partial charge in [-0.3, -0.25) is 9.48 Å². The second-order valence-electron chi connectivity index (χ2n) is 3.99. The van der Waals surface area contributed by atoms with E-state index < -0.39 is 0 Å². The van der Waals surface area contributed by atoms with Gasteiger partial charge in [0.15, 0.2) is 5.82 Å². The molecule has 2 aromatic rings. The van der Waals surface area contributed by atoms with Gasteiger partial charge in [-0.15, -0.1) is 0 Å². The lowest BCUT2D eigenvalue weighted by atomic mass is 10.2. The predicted octanol–water partition coefficient (Wildman–Crippen LogP) is 2.22. The van der Waals surface area contributed by atoms with Crippen LogP contribution >= 0.6 is 11.6 Å². The van der Waals surface area contributed by atoms with Gasteiger partial charge in [0.25, 0.3) is 5.91 Å². The fourth-order valence-electron chi connectivity index (χ4n) is 1.52. The first-order valence-corrected chi connectivity index (χ1v) is 5.72. The van der Waals surface area contributed by atoms with Crippen LogP contribution in [-0.2, 0) is 7.05 Å². The Balaban J connectivity index is 2.22. The van der Waals surface area contributed by atoms with Gasteiger partial charge in [-0.1, -0.05) is 11.6 Å². The maximum atomic E-state index is 12.0. The summed E-state index contributed by atoms with van der Waals surface area (Å²) in [5.74, 6) is 0.186. The number of nitrogen functional groups attached to an aromatic ring is 1. The summed E-state index contributed by atoms with van der Waals surface area (Å²) in [5.41, 5.74) is 7.41. The van der Waals surface area contributed by atoms with Crippen molar-refractivity contribution in [2.75, 3.05) is 11.1 Å². The molecule has 0 radical (unpaired) electrons. The number of rotatable bonds is 2. The minimum atomic E-state index is -0.307. The van der Waals surface area contributed by atoms with Crippen LogP contribution in [-0.4, -0.2) is 15.7 Å². The van der Waals surface area contributed by atoms with E-state index >= 15 is 0 Å². The Morgan fingerprint density at radius 1 is 1.44 bits per heavy atom. The molecule has 1 aromatic heterocycles. The first kappa shape index (κ1) is 12.4. The fraction of sp³-hybridized carbons (Fsp3) is 0.167. The number of hydrogen-bond acceptors (Lipinski definition) is 3. The van der Waals surface area contributed by atoms with Crippen molar-refractivity contribution < 1.29 is 4.79 Å². The summed E-state index contributed by atoms with van der Waals surface area (Å²) in [4.78, 5) is 12.0. The second-order valence-corrected chi connectivity index (χ2v) is 4.40. The van der Waals surface area contributed by atoms with Crippen molar-refractivity contribution in [3.8, 4) is 0 Å². The molecule has 0 fully saturated rings. The topological polar surface area (TPSA) is 72.9 Å². The van der Waals surface area contributed by atoms with Gasteiger partial charge in [-0.2, -0.15) is 5.10 Å². The van der Waals surface area contributed by atoms with Crippen molar-refractivity contribution in [3.63, 3.8) is 0 Å². The minimum Gasteiger partial charge on any atom is -0.399 e. The summed E-state index contributed by atoms with van der Waals surface area (Å²) in [6.45, 7) is 1.90. The van der Waals surface area contributed by atoms with Crippen LogP contribution in [0.1, 0.15) is 16.1 Å². The van der Waals surface area contributed by atoms with E-state index in [-0.39, 0.29) is 5.91 Å². The lowest BCUT2D eigenvalue weighted by Gasteiger charge is -2.04. The molecule has 1 heterocycles. The van der Waals surface area contributed by atoms with Crippen molar-refractivity contribution in [3.05, 3.63) is 40.5 Å². The summed E-state index contributed by atoms with van der Waals surface area (Å²) in [6.07, 6.45) is 0. The molecular weight excluding hydrogens is 252 g/mol. The highest BCUT2D eigenvalue weighted by Gasteiger charge is 2.12. The molecule has 0 saturated heterocycles. The van der Waals surface area contributed by atoms with E-state index in [1.165, 1.54) is 0 Å². The fourth-order valence-corrected chi connectivity index (χ4v) is 1.80. The zero-order chi connectivity index (χ0) is 13.3. The summed E-state index contributed by atoms with van der Waals surface area (Å²) < 4.78 is 1.68. The Morgan fingerprint density at radius 3 is 2.72 bits per heavy atom. The molecule has 0 spiro atoms. The van der Waals surface area contributed by atoms with Crippen LogP contribution in [0.5, 0.6) is 0 Å². The molecule has 1 amide bonds. The Labute approximate surface area is 110 Å². The average molecular weight is 265 g/mol. The Morgan fingerprint density at radius 2 is 2.17 bits per heavy atom. The van der Waals surface area contributed by atoms with Crippen LogP contribution in [0.4, 0.5) is 11.5 Å². The van der Waals surface area contributed by atoms with Crippen LogP contribution in [0, 0.1) is 6.92 Å².